The van der Waals surface area contributed by atoms with Gasteiger partial charge in [0.05, 0.1) is 26.9 Å². The summed E-state index contributed by atoms with van der Waals surface area (Å²) in [5.41, 5.74) is 1.11. The van der Waals surface area contributed by atoms with Crippen LogP contribution >= 0.6 is 0 Å². The van der Waals surface area contributed by atoms with Crippen LogP contribution in [0.4, 0.5) is 4.79 Å². The Hall–Kier alpha value is -1.99. The number of hydrogen-bond donors (Lipinski definition) is 2. The van der Waals surface area contributed by atoms with E-state index in [2.05, 4.69) is 15.5 Å². The number of nitrogens with one attached hydrogen (secondary N) is 2. The smallest absolute Gasteiger partial charge is 0.314 e. The van der Waals surface area contributed by atoms with Crippen LogP contribution in [0.3, 0.4) is 0 Å². The molecule has 1 fully saturated rings. The van der Waals surface area contributed by atoms with Gasteiger partial charge in [0.2, 0.25) is 0 Å². The molecule has 1 aliphatic heterocycles. The van der Waals surface area contributed by atoms with Gasteiger partial charge in [0, 0.05) is 26.2 Å². The van der Waals surface area contributed by atoms with Crippen molar-refractivity contribution in [2.45, 2.75) is 6.92 Å². The Balaban J connectivity index is 1.57. The largest absolute Gasteiger partial charge is 0.493 e. The monoisotopic (exact) mass is 337 g/mol. The molecule has 7 heteroatoms. The number of ether oxygens (including phenoxy) is 3. The Kier molecular flexibility index (Phi) is 7.64. The van der Waals surface area contributed by atoms with Crippen molar-refractivity contribution in [1.29, 1.82) is 0 Å². The van der Waals surface area contributed by atoms with Crippen molar-refractivity contribution in [1.82, 2.24) is 15.5 Å². The number of carbonyl (C=O) groups excluding carboxylic acids is 1. The summed E-state index contributed by atoms with van der Waals surface area (Å²) in [6, 6.07) is 5.57. The number of benzene rings is 1. The first-order valence-corrected chi connectivity index (χ1v) is 8.28. The quantitative estimate of drug-likeness (QED) is 0.693. The van der Waals surface area contributed by atoms with E-state index in [4.69, 9.17) is 14.2 Å². The summed E-state index contributed by atoms with van der Waals surface area (Å²) < 4.78 is 16.2. The summed E-state index contributed by atoms with van der Waals surface area (Å²) in [5, 5.41) is 5.63. The van der Waals surface area contributed by atoms with Gasteiger partial charge in [-0.25, -0.2) is 4.79 Å². The lowest BCUT2D eigenvalue weighted by atomic mass is 10.2. The Morgan fingerprint density at radius 1 is 1.21 bits per heavy atom. The number of urea groups is 1. The highest BCUT2D eigenvalue weighted by atomic mass is 16.5. The lowest BCUT2D eigenvalue weighted by Crippen LogP contribution is -2.44. The zero-order valence-corrected chi connectivity index (χ0v) is 14.5. The molecule has 0 atom stereocenters. The summed E-state index contributed by atoms with van der Waals surface area (Å²) in [5.74, 6) is 1.38. The van der Waals surface area contributed by atoms with Gasteiger partial charge in [0.1, 0.15) is 6.61 Å². The Morgan fingerprint density at radius 3 is 2.71 bits per heavy atom. The number of nitrogens with zero attached hydrogens (tertiary/aromatic N) is 1. The molecule has 1 aromatic carbocycles. The molecule has 1 heterocycles. The first-order valence-electron chi connectivity index (χ1n) is 8.28. The lowest BCUT2D eigenvalue weighted by Gasteiger charge is -2.26. The molecule has 0 saturated carbocycles. The maximum absolute atomic E-state index is 11.7. The van der Waals surface area contributed by atoms with E-state index in [9.17, 15) is 4.79 Å². The normalized spacial score (nSPS) is 14.9. The van der Waals surface area contributed by atoms with Crippen LogP contribution in [0.15, 0.2) is 18.2 Å². The number of morpholine rings is 1. The second-order valence-electron chi connectivity index (χ2n) is 5.64. The summed E-state index contributed by atoms with van der Waals surface area (Å²) in [4.78, 5) is 14.0. The molecule has 134 valence electrons. The van der Waals surface area contributed by atoms with Crippen LogP contribution in [0, 0.1) is 6.92 Å². The van der Waals surface area contributed by atoms with Gasteiger partial charge >= 0.3 is 6.03 Å². The van der Waals surface area contributed by atoms with E-state index in [0.29, 0.717) is 31.2 Å². The number of methoxy groups -OCH3 is 1. The number of rotatable bonds is 8. The molecule has 0 spiro atoms. The molecule has 0 radical (unpaired) electrons. The zero-order valence-electron chi connectivity index (χ0n) is 14.5. The molecule has 2 rings (SSSR count). The minimum absolute atomic E-state index is 0.178. The maximum atomic E-state index is 11.7. The van der Waals surface area contributed by atoms with Crippen molar-refractivity contribution in [2.75, 3.05) is 59.7 Å². The molecule has 1 aromatic rings. The van der Waals surface area contributed by atoms with E-state index in [1.807, 2.05) is 25.1 Å². The van der Waals surface area contributed by atoms with Crippen molar-refractivity contribution in [3.05, 3.63) is 23.8 Å². The highest BCUT2D eigenvalue weighted by molar-refractivity contribution is 5.73. The molecule has 0 aromatic heterocycles. The van der Waals surface area contributed by atoms with Crippen molar-refractivity contribution >= 4 is 6.03 Å². The Labute approximate surface area is 143 Å². The second-order valence-corrected chi connectivity index (χ2v) is 5.64. The summed E-state index contributed by atoms with van der Waals surface area (Å²) in [6.07, 6.45) is 0. The molecule has 0 unspecified atom stereocenters. The molecule has 0 bridgehead atoms. The third kappa shape index (κ3) is 6.25. The van der Waals surface area contributed by atoms with E-state index < -0.39 is 0 Å². The predicted molar refractivity (Wildman–Crippen MR) is 91.9 cm³/mol. The number of amides is 2. The minimum atomic E-state index is -0.178. The second kappa shape index (κ2) is 10.00. The van der Waals surface area contributed by atoms with Crippen LogP contribution in [-0.2, 0) is 4.74 Å². The fourth-order valence-corrected chi connectivity index (χ4v) is 2.43. The molecule has 2 amide bonds. The summed E-state index contributed by atoms with van der Waals surface area (Å²) in [7, 11) is 1.61. The van der Waals surface area contributed by atoms with Crippen LogP contribution in [-0.4, -0.2) is 70.6 Å². The fraction of sp³-hybridized carbons (Fsp3) is 0.588. The lowest BCUT2D eigenvalue weighted by molar-refractivity contribution is 0.0387. The first-order chi connectivity index (χ1) is 11.7. The average molecular weight is 337 g/mol. The standard InChI is InChI=1S/C17H27N3O4/c1-14-3-4-15(16(13-14)22-2)24-10-6-19-17(21)18-5-7-20-8-11-23-12-9-20/h3-4,13H,5-12H2,1-2H3,(H2,18,19,21). The SMILES string of the molecule is COc1cc(C)ccc1OCCNC(=O)NCCN1CCOCC1. The van der Waals surface area contributed by atoms with Crippen molar-refractivity contribution in [2.24, 2.45) is 0 Å². The minimum Gasteiger partial charge on any atom is -0.493 e. The molecule has 24 heavy (non-hydrogen) atoms. The van der Waals surface area contributed by atoms with Gasteiger partial charge in [-0.3, -0.25) is 4.90 Å². The van der Waals surface area contributed by atoms with E-state index in [-0.39, 0.29) is 6.03 Å². The van der Waals surface area contributed by atoms with E-state index in [1.54, 1.807) is 7.11 Å². The van der Waals surface area contributed by atoms with Gasteiger partial charge in [-0.15, -0.1) is 0 Å². The molecule has 2 N–H and O–H groups in total. The highest BCUT2D eigenvalue weighted by Gasteiger charge is 2.10. The van der Waals surface area contributed by atoms with Crippen molar-refractivity contribution < 1.29 is 19.0 Å². The summed E-state index contributed by atoms with van der Waals surface area (Å²) >= 11 is 0. The molecule has 7 nitrogen and oxygen atoms in total. The van der Waals surface area contributed by atoms with Gasteiger partial charge in [0.25, 0.3) is 0 Å². The topological polar surface area (TPSA) is 72.1 Å². The maximum Gasteiger partial charge on any atom is 0.314 e. The van der Waals surface area contributed by atoms with E-state index in [0.717, 1.165) is 38.4 Å². The molecule has 1 aliphatic rings. The predicted octanol–water partition coefficient (Wildman–Crippen LogP) is 1.01. The zero-order chi connectivity index (χ0) is 17.2. The van der Waals surface area contributed by atoms with Gasteiger partial charge < -0.3 is 24.8 Å². The highest BCUT2D eigenvalue weighted by Crippen LogP contribution is 2.27. The summed E-state index contributed by atoms with van der Waals surface area (Å²) in [6.45, 7) is 7.67. The Morgan fingerprint density at radius 2 is 1.96 bits per heavy atom. The molecule has 0 aliphatic carbocycles. The van der Waals surface area contributed by atoms with Crippen LogP contribution in [0.5, 0.6) is 11.5 Å². The molecular formula is C17H27N3O4. The third-order valence-corrected chi connectivity index (χ3v) is 3.78. The molecular weight excluding hydrogens is 310 g/mol. The van der Waals surface area contributed by atoms with Crippen molar-refractivity contribution in [3.63, 3.8) is 0 Å². The van der Waals surface area contributed by atoms with Crippen LogP contribution in [0.2, 0.25) is 0 Å². The van der Waals surface area contributed by atoms with Crippen LogP contribution < -0.4 is 20.1 Å². The first kappa shape index (κ1) is 18.4. The van der Waals surface area contributed by atoms with Gasteiger partial charge in [-0.1, -0.05) is 6.07 Å². The van der Waals surface area contributed by atoms with Crippen LogP contribution in [0.25, 0.3) is 0 Å². The molecule has 1 saturated heterocycles. The number of carbonyl (C=O) groups is 1. The van der Waals surface area contributed by atoms with E-state index >= 15 is 0 Å². The van der Waals surface area contributed by atoms with Crippen LogP contribution in [0.1, 0.15) is 5.56 Å². The third-order valence-electron chi connectivity index (χ3n) is 3.78. The fourth-order valence-electron chi connectivity index (χ4n) is 2.43. The Bertz CT molecular complexity index is 519. The van der Waals surface area contributed by atoms with Crippen molar-refractivity contribution in [3.8, 4) is 11.5 Å². The van der Waals surface area contributed by atoms with Gasteiger partial charge in [0.15, 0.2) is 11.5 Å². The van der Waals surface area contributed by atoms with Gasteiger partial charge in [-0.05, 0) is 24.6 Å². The van der Waals surface area contributed by atoms with E-state index in [1.165, 1.54) is 0 Å². The average Bonchev–Trinajstić information content (AvgIpc) is 2.60. The number of aryl methyl sites for hydroxylation is 1. The van der Waals surface area contributed by atoms with Gasteiger partial charge in [-0.2, -0.15) is 0 Å². The number of hydrogen-bond acceptors (Lipinski definition) is 5.